The normalized spacial score (nSPS) is 18.4. The highest BCUT2D eigenvalue weighted by Crippen LogP contribution is 2.28. The zero-order valence-electron chi connectivity index (χ0n) is 12.8. The third-order valence-electron chi connectivity index (χ3n) is 4.30. The lowest BCUT2D eigenvalue weighted by atomic mass is 10.1. The van der Waals surface area contributed by atoms with Crippen LogP contribution in [0.25, 0.3) is 15.9 Å². The van der Waals surface area contributed by atoms with E-state index in [0.29, 0.717) is 11.9 Å². The van der Waals surface area contributed by atoms with Gasteiger partial charge in [0.1, 0.15) is 0 Å². The van der Waals surface area contributed by atoms with Gasteiger partial charge in [0.15, 0.2) is 0 Å². The molecule has 6 nitrogen and oxygen atoms in total. The van der Waals surface area contributed by atoms with Crippen LogP contribution in [0, 0.1) is 6.57 Å². The van der Waals surface area contributed by atoms with Crippen LogP contribution in [0.3, 0.4) is 0 Å². The fraction of sp³-hybridized carbons (Fsp3) is 0.438. The number of nitrogens with one attached hydrogen (secondary N) is 1. The van der Waals surface area contributed by atoms with Crippen molar-refractivity contribution in [3.63, 3.8) is 0 Å². The summed E-state index contributed by atoms with van der Waals surface area (Å²) >= 11 is 0. The standard InChI is InChI=1S/C16H19N5O/c1-4-11-10-18-7-8-21(11)13-9-15(22)20(3)12-5-6-14(17-2)19-16(12)13/h5-6,9,11,18H,4,7-8,10H2,1,3H3/t11-/m0/s1. The predicted octanol–water partition coefficient (Wildman–Crippen LogP) is 1.67. The Morgan fingerprint density at radius 2 is 2.32 bits per heavy atom. The fourth-order valence-electron chi connectivity index (χ4n) is 3.03. The third kappa shape index (κ3) is 2.34. The number of rotatable bonds is 2. The minimum Gasteiger partial charge on any atom is -0.362 e. The molecule has 0 spiro atoms. The second kappa shape index (κ2) is 5.78. The molecule has 0 aliphatic carbocycles. The lowest BCUT2D eigenvalue weighted by Crippen LogP contribution is -2.51. The average molecular weight is 297 g/mol. The van der Waals surface area contributed by atoms with Crippen molar-refractivity contribution in [2.45, 2.75) is 19.4 Å². The predicted molar refractivity (Wildman–Crippen MR) is 87.5 cm³/mol. The van der Waals surface area contributed by atoms with Crippen LogP contribution < -0.4 is 15.8 Å². The maximum absolute atomic E-state index is 12.3. The van der Waals surface area contributed by atoms with Gasteiger partial charge in [0.2, 0.25) is 5.52 Å². The Morgan fingerprint density at radius 1 is 1.50 bits per heavy atom. The molecule has 6 heteroatoms. The van der Waals surface area contributed by atoms with Gasteiger partial charge in [-0.1, -0.05) is 13.5 Å². The van der Waals surface area contributed by atoms with Gasteiger partial charge in [0, 0.05) is 38.8 Å². The van der Waals surface area contributed by atoms with Crippen LogP contribution in [-0.4, -0.2) is 35.2 Å². The van der Waals surface area contributed by atoms with Crippen LogP contribution in [0.5, 0.6) is 0 Å². The van der Waals surface area contributed by atoms with Crippen molar-refractivity contribution < 1.29 is 0 Å². The summed E-state index contributed by atoms with van der Waals surface area (Å²) in [5.41, 5.74) is 2.30. The van der Waals surface area contributed by atoms with Crippen LogP contribution >= 0.6 is 0 Å². The van der Waals surface area contributed by atoms with E-state index in [-0.39, 0.29) is 5.56 Å². The Morgan fingerprint density at radius 3 is 3.05 bits per heavy atom. The second-order valence-corrected chi connectivity index (χ2v) is 5.54. The van der Waals surface area contributed by atoms with E-state index in [2.05, 4.69) is 27.0 Å². The van der Waals surface area contributed by atoms with Crippen LogP contribution in [0.2, 0.25) is 0 Å². The van der Waals surface area contributed by atoms with Crippen molar-refractivity contribution in [2.75, 3.05) is 24.5 Å². The summed E-state index contributed by atoms with van der Waals surface area (Å²) < 4.78 is 1.59. The van der Waals surface area contributed by atoms with Gasteiger partial charge < -0.3 is 19.6 Å². The van der Waals surface area contributed by atoms with E-state index in [1.165, 1.54) is 0 Å². The summed E-state index contributed by atoms with van der Waals surface area (Å²) in [6.07, 6.45) is 0.992. The zero-order chi connectivity index (χ0) is 15.7. The first-order chi connectivity index (χ1) is 10.7. The number of aromatic nitrogens is 2. The van der Waals surface area contributed by atoms with Crippen molar-refractivity contribution in [1.29, 1.82) is 0 Å². The van der Waals surface area contributed by atoms with Crippen molar-refractivity contribution in [3.05, 3.63) is 40.0 Å². The Bertz CT molecular complexity index is 805. The molecule has 0 aromatic carbocycles. The first-order valence-corrected chi connectivity index (χ1v) is 7.51. The molecule has 0 amide bonds. The number of hydrogen-bond acceptors (Lipinski definition) is 4. The van der Waals surface area contributed by atoms with Gasteiger partial charge >= 0.3 is 0 Å². The molecule has 1 atom stereocenters. The number of nitrogens with zero attached hydrogens (tertiary/aromatic N) is 4. The van der Waals surface area contributed by atoms with Gasteiger partial charge in [-0.2, -0.15) is 0 Å². The summed E-state index contributed by atoms with van der Waals surface area (Å²) in [5, 5.41) is 3.39. The molecule has 3 rings (SSSR count). The SMILES string of the molecule is [C-]#[N+]c1ccc2c(n1)c(N1CCNC[C@@H]1CC)cc(=O)n2C. The monoisotopic (exact) mass is 297 g/mol. The third-order valence-corrected chi connectivity index (χ3v) is 4.30. The van der Waals surface area contributed by atoms with E-state index in [1.54, 1.807) is 23.7 Å². The summed E-state index contributed by atoms with van der Waals surface area (Å²) in [6.45, 7) is 11.9. The van der Waals surface area contributed by atoms with E-state index < -0.39 is 0 Å². The second-order valence-electron chi connectivity index (χ2n) is 5.54. The van der Waals surface area contributed by atoms with Gasteiger partial charge in [-0.05, 0) is 18.6 Å². The number of piperazine rings is 1. The molecule has 1 aliphatic heterocycles. The zero-order valence-corrected chi connectivity index (χ0v) is 12.8. The van der Waals surface area contributed by atoms with Crippen molar-refractivity contribution in [3.8, 4) is 0 Å². The number of aryl methyl sites for hydroxylation is 1. The molecule has 0 saturated carbocycles. The molecular weight excluding hydrogens is 278 g/mol. The first kappa shape index (κ1) is 14.5. The molecule has 1 aliphatic rings. The van der Waals surface area contributed by atoms with Gasteiger partial charge in [0.05, 0.1) is 11.2 Å². The Hall–Kier alpha value is -2.39. The van der Waals surface area contributed by atoms with Gasteiger partial charge in [-0.3, -0.25) is 4.79 Å². The Labute approximate surface area is 129 Å². The fourth-order valence-corrected chi connectivity index (χ4v) is 3.03. The van der Waals surface area contributed by atoms with Gasteiger partial charge in [-0.15, -0.1) is 4.98 Å². The van der Waals surface area contributed by atoms with Crippen LogP contribution in [0.15, 0.2) is 23.0 Å². The topological polar surface area (TPSA) is 54.5 Å². The maximum Gasteiger partial charge on any atom is 0.270 e. The number of pyridine rings is 2. The van der Waals surface area contributed by atoms with Crippen LogP contribution in [-0.2, 0) is 7.05 Å². The van der Waals surface area contributed by atoms with Crippen LogP contribution in [0.4, 0.5) is 11.5 Å². The molecule has 0 bridgehead atoms. The van der Waals surface area contributed by atoms with E-state index in [4.69, 9.17) is 6.57 Å². The number of anilines is 1. The summed E-state index contributed by atoms with van der Waals surface area (Å²) in [4.78, 5) is 22.4. The van der Waals surface area contributed by atoms with Crippen molar-refractivity contribution in [2.24, 2.45) is 7.05 Å². The Kier molecular flexibility index (Phi) is 3.82. The highest BCUT2D eigenvalue weighted by atomic mass is 16.1. The molecule has 0 unspecified atom stereocenters. The molecule has 114 valence electrons. The van der Waals surface area contributed by atoms with Crippen molar-refractivity contribution in [1.82, 2.24) is 14.9 Å². The molecule has 22 heavy (non-hydrogen) atoms. The minimum absolute atomic E-state index is 0.0479. The molecule has 1 N–H and O–H groups in total. The maximum atomic E-state index is 12.3. The Balaban J connectivity index is 2.25. The molecule has 0 radical (unpaired) electrons. The average Bonchev–Trinajstić information content (AvgIpc) is 2.57. The van der Waals surface area contributed by atoms with Crippen LogP contribution in [0.1, 0.15) is 13.3 Å². The van der Waals surface area contributed by atoms with Gasteiger partial charge in [-0.25, -0.2) is 0 Å². The minimum atomic E-state index is -0.0479. The lowest BCUT2D eigenvalue weighted by Gasteiger charge is -2.37. The molecule has 2 aromatic rings. The van der Waals surface area contributed by atoms with E-state index in [9.17, 15) is 4.79 Å². The molecule has 2 aromatic heterocycles. The smallest absolute Gasteiger partial charge is 0.270 e. The van der Waals surface area contributed by atoms with E-state index in [1.807, 2.05) is 6.07 Å². The largest absolute Gasteiger partial charge is 0.362 e. The molecule has 1 fully saturated rings. The number of hydrogen-bond donors (Lipinski definition) is 1. The lowest BCUT2D eigenvalue weighted by molar-refractivity contribution is 0.467. The number of fused-ring (bicyclic) bond motifs is 1. The van der Waals surface area contributed by atoms with E-state index >= 15 is 0 Å². The van der Waals surface area contributed by atoms with Gasteiger partial charge in [0.25, 0.3) is 11.4 Å². The highest BCUT2D eigenvalue weighted by molar-refractivity contribution is 5.89. The summed E-state index contributed by atoms with van der Waals surface area (Å²) in [5.74, 6) is 0.357. The quantitative estimate of drug-likeness (QED) is 0.857. The van der Waals surface area contributed by atoms with E-state index in [0.717, 1.165) is 42.8 Å². The molecular formula is C16H19N5O. The summed E-state index contributed by atoms with van der Waals surface area (Å²) in [7, 11) is 1.74. The first-order valence-electron chi connectivity index (χ1n) is 7.51. The summed E-state index contributed by atoms with van der Waals surface area (Å²) in [6, 6.07) is 5.46. The highest BCUT2D eigenvalue weighted by Gasteiger charge is 2.25. The van der Waals surface area contributed by atoms with Crippen molar-refractivity contribution >= 4 is 22.5 Å². The molecule has 1 saturated heterocycles. The molecule has 3 heterocycles.